The zero-order valence-electron chi connectivity index (χ0n) is 14.0. The predicted octanol–water partition coefficient (Wildman–Crippen LogP) is 2.42. The number of aryl methyl sites for hydroxylation is 1. The Labute approximate surface area is 141 Å². The van der Waals surface area contributed by atoms with Gasteiger partial charge in [-0.2, -0.15) is 0 Å². The van der Waals surface area contributed by atoms with Gasteiger partial charge in [-0.05, 0) is 35.7 Å². The summed E-state index contributed by atoms with van der Waals surface area (Å²) in [5.74, 6) is 2.06. The van der Waals surface area contributed by atoms with Crippen molar-refractivity contribution in [2.45, 2.75) is 31.7 Å². The molecule has 2 aromatic heterocycles. The predicted molar refractivity (Wildman–Crippen MR) is 88.8 cm³/mol. The lowest BCUT2D eigenvalue weighted by atomic mass is 10.1. The first-order valence-electron chi connectivity index (χ1n) is 8.14. The molecule has 1 atom stereocenters. The normalized spacial score (nSPS) is 17.1. The lowest BCUT2D eigenvalue weighted by Gasteiger charge is -2.25. The van der Waals surface area contributed by atoms with Crippen LogP contribution in [-0.4, -0.2) is 41.6 Å². The molecule has 0 radical (unpaired) electrons. The molecule has 0 spiro atoms. The van der Waals surface area contributed by atoms with Gasteiger partial charge in [-0.1, -0.05) is 0 Å². The second kappa shape index (κ2) is 7.33. The van der Waals surface area contributed by atoms with Crippen molar-refractivity contribution >= 4 is 11.7 Å². The number of anilines is 1. The number of likely N-dealkylation sites (tertiary alicyclic amines) is 1. The van der Waals surface area contributed by atoms with Crippen LogP contribution in [0.25, 0.3) is 0 Å². The summed E-state index contributed by atoms with van der Waals surface area (Å²) in [7, 11) is 3.38. The molecule has 1 saturated heterocycles. The SMILES string of the molecule is CNc1cc([C@H]2CCCN2C(=O)CCc2cc(OC)no2)ccn1. The van der Waals surface area contributed by atoms with Gasteiger partial charge in [-0.3, -0.25) is 4.79 Å². The number of methoxy groups -OCH3 is 1. The Kier molecular flexibility index (Phi) is 4.98. The molecule has 0 bridgehead atoms. The molecular formula is C17H22N4O3. The zero-order chi connectivity index (χ0) is 16.9. The van der Waals surface area contributed by atoms with Crippen molar-refractivity contribution in [3.63, 3.8) is 0 Å². The first kappa shape index (κ1) is 16.3. The molecule has 0 aliphatic carbocycles. The molecule has 0 unspecified atom stereocenters. The van der Waals surface area contributed by atoms with E-state index in [0.29, 0.717) is 24.5 Å². The lowest BCUT2D eigenvalue weighted by Crippen LogP contribution is -2.30. The molecule has 24 heavy (non-hydrogen) atoms. The maximum atomic E-state index is 12.6. The van der Waals surface area contributed by atoms with E-state index in [0.717, 1.165) is 30.8 Å². The van der Waals surface area contributed by atoms with E-state index in [-0.39, 0.29) is 11.9 Å². The third kappa shape index (κ3) is 3.50. The fraction of sp³-hybridized carbons (Fsp3) is 0.471. The minimum atomic E-state index is 0.122. The number of ether oxygens (including phenoxy) is 1. The first-order chi connectivity index (χ1) is 11.7. The van der Waals surface area contributed by atoms with Gasteiger partial charge < -0.3 is 19.5 Å². The van der Waals surface area contributed by atoms with Crippen molar-refractivity contribution in [2.24, 2.45) is 0 Å². The molecule has 2 aromatic rings. The number of nitrogens with zero attached hydrogens (tertiary/aromatic N) is 3. The second-order valence-corrected chi connectivity index (χ2v) is 5.81. The lowest BCUT2D eigenvalue weighted by molar-refractivity contribution is -0.132. The number of hydrogen-bond acceptors (Lipinski definition) is 6. The number of amides is 1. The van der Waals surface area contributed by atoms with E-state index in [2.05, 4.69) is 15.5 Å². The molecule has 0 aromatic carbocycles. The summed E-state index contributed by atoms with van der Waals surface area (Å²) in [6.07, 6.45) is 4.71. The molecular weight excluding hydrogens is 308 g/mol. The largest absolute Gasteiger partial charge is 0.479 e. The third-order valence-electron chi connectivity index (χ3n) is 4.33. The zero-order valence-corrected chi connectivity index (χ0v) is 14.0. The Morgan fingerprint density at radius 1 is 1.50 bits per heavy atom. The molecule has 3 heterocycles. The van der Waals surface area contributed by atoms with Crippen molar-refractivity contribution < 1.29 is 14.1 Å². The average molecular weight is 330 g/mol. The van der Waals surface area contributed by atoms with Crippen LogP contribution in [0.2, 0.25) is 0 Å². The number of nitrogens with one attached hydrogen (secondary N) is 1. The topological polar surface area (TPSA) is 80.5 Å². The molecule has 1 aliphatic rings. The van der Waals surface area contributed by atoms with Gasteiger partial charge in [0, 0.05) is 38.7 Å². The highest BCUT2D eigenvalue weighted by atomic mass is 16.5. The highest BCUT2D eigenvalue weighted by Crippen LogP contribution is 2.33. The summed E-state index contributed by atoms with van der Waals surface area (Å²) in [6.45, 7) is 0.792. The summed E-state index contributed by atoms with van der Waals surface area (Å²) in [6, 6.07) is 5.84. The van der Waals surface area contributed by atoms with Crippen LogP contribution in [0.15, 0.2) is 28.9 Å². The maximum Gasteiger partial charge on any atom is 0.254 e. The Hall–Kier alpha value is -2.57. The molecule has 3 rings (SSSR count). The number of hydrogen-bond donors (Lipinski definition) is 1. The van der Waals surface area contributed by atoms with Crippen molar-refractivity contribution in [1.82, 2.24) is 15.0 Å². The van der Waals surface area contributed by atoms with Gasteiger partial charge in [0.1, 0.15) is 11.6 Å². The quantitative estimate of drug-likeness (QED) is 0.876. The molecule has 128 valence electrons. The molecule has 1 aliphatic heterocycles. The van der Waals surface area contributed by atoms with E-state index < -0.39 is 0 Å². The molecule has 1 fully saturated rings. The smallest absolute Gasteiger partial charge is 0.254 e. The minimum absolute atomic E-state index is 0.122. The fourth-order valence-electron chi connectivity index (χ4n) is 3.08. The number of rotatable bonds is 6. The van der Waals surface area contributed by atoms with E-state index in [1.807, 2.05) is 24.1 Å². The van der Waals surface area contributed by atoms with Gasteiger partial charge in [0.05, 0.1) is 13.2 Å². The number of carbonyl (C=O) groups is 1. The van der Waals surface area contributed by atoms with Crippen LogP contribution in [0, 0.1) is 0 Å². The highest BCUT2D eigenvalue weighted by molar-refractivity contribution is 5.77. The van der Waals surface area contributed by atoms with Gasteiger partial charge in [0.15, 0.2) is 0 Å². The first-order valence-corrected chi connectivity index (χ1v) is 8.14. The van der Waals surface area contributed by atoms with E-state index in [4.69, 9.17) is 9.26 Å². The van der Waals surface area contributed by atoms with Crippen LogP contribution in [0.4, 0.5) is 5.82 Å². The van der Waals surface area contributed by atoms with Crippen LogP contribution >= 0.6 is 0 Å². The Balaban J connectivity index is 1.64. The molecule has 1 N–H and O–H groups in total. The molecule has 1 amide bonds. The maximum absolute atomic E-state index is 12.6. The summed E-state index contributed by atoms with van der Waals surface area (Å²) in [5, 5.41) is 6.80. The van der Waals surface area contributed by atoms with E-state index in [1.165, 1.54) is 7.11 Å². The Morgan fingerprint density at radius 2 is 2.38 bits per heavy atom. The number of carbonyl (C=O) groups excluding carboxylic acids is 1. The van der Waals surface area contributed by atoms with Gasteiger partial charge in [0.2, 0.25) is 5.91 Å². The summed E-state index contributed by atoms with van der Waals surface area (Å²) >= 11 is 0. The molecule has 7 nitrogen and oxygen atoms in total. The van der Waals surface area contributed by atoms with Crippen LogP contribution in [0.3, 0.4) is 0 Å². The van der Waals surface area contributed by atoms with Crippen LogP contribution < -0.4 is 10.1 Å². The average Bonchev–Trinajstić information content (AvgIpc) is 3.28. The van der Waals surface area contributed by atoms with Crippen molar-refractivity contribution in [3.8, 4) is 5.88 Å². The standard InChI is InChI=1S/C17H22N4O3/c1-18-15-10-12(7-8-19-15)14-4-3-9-21(14)17(22)6-5-13-11-16(23-2)20-24-13/h7-8,10-11,14H,3-6,9H2,1-2H3,(H,18,19)/t14-/m1/s1. The monoisotopic (exact) mass is 330 g/mol. The Bertz CT molecular complexity index is 701. The van der Waals surface area contributed by atoms with Crippen molar-refractivity contribution in [2.75, 3.05) is 26.0 Å². The summed E-state index contributed by atoms with van der Waals surface area (Å²) in [5.41, 5.74) is 1.13. The van der Waals surface area contributed by atoms with E-state index >= 15 is 0 Å². The van der Waals surface area contributed by atoms with Gasteiger partial charge in [-0.15, -0.1) is 0 Å². The van der Waals surface area contributed by atoms with E-state index in [1.54, 1.807) is 12.3 Å². The van der Waals surface area contributed by atoms with Crippen molar-refractivity contribution in [1.29, 1.82) is 0 Å². The summed E-state index contributed by atoms with van der Waals surface area (Å²) < 4.78 is 10.1. The second-order valence-electron chi connectivity index (χ2n) is 5.81. The van der Waals surface area contributed by atoms with E-state index in [9.17, 15) is 4.79 Å². The molecule has 7 heteroatoms. The fourth-order valence-corrected chi connectivity index (χ4v) is 3.08. The van der Waals surface area contributed by atoms with Gasteiger partial charge >= 0.3 is 0 Å². The number of pyridine rings is 1. The summed E-state index contributed by atoms with van der Waals surface area (Å²) in [4.78, 5) is 18.8. The molecule has 0 saturated carbocycles. The number of aromatic nitrogens is 2. The Morgan fingerprint density at radius 3 is 3.12 bits per heavy atom. The van der Waals surface area contributed by atoms with Crippen LogP contribution in [0.1, 0.15) is 36.6 Å². The van der Waals surface area contributed by atoms with Crippen LogP contribution in [0.5, 0.6) is 5.88 Å². The minimum Gasteiger partial charge on any atom is -0.479 e. The third-order valence-corrected chi connectivity index (χ3v) is 4.33. The highest BCUT2D eigenvalue weighted by Gasteiger charge is 2.30. The van der Waals surface area contributed by atoms with Gasteiger partial charge in [0.25, 0.3) is 5.88 Å². The van der Waals surface area contributed by atoms with Crippen LogP contribution in [-0.2, 0) is 11.2 Å². The van der Waals surface area contributed by atoms with Gasteiger partial charge in [-0.25, -0.2) is 4.98 Å². The van der Waals surface area contributed by atoms with Crippen molar-refractivity contribution in [3.05, 3.63) is 35.7 Å².